The molecule has 0 aliphatic carbocycles. The summed E-state index contributed by atoms with van der Waals surface area (Å²) in [5.41, 5.74) is 0. The molecule has 2 amide bonds. The second kappa shape index (κ2) is 9.07. The standard InChI is InChI=1S/C15H28N4O3/c1-22-10-9-19-12-13(11-14(19)20)15(21)17-3-2-6-18-7-4-16-5-8-18/h13,16H,2-12H2,1H3,(H,17,21). The lowest BCUT2D eigenvalue weighted by atomic mass is 10.1. The number of piperazine rings is 1. The fourth-order valence-corrected chi connectivity index (χ4v) is 2.96. The van der Waals surface area contributed by atoms with Gasteiger partial charge in [0, 0.05) is 59.3 Å². The summed E-state index contributed by atoms with van der Waals surface area (Å²) in [5, 5.41) is 6.30. The first kappa shape index (κ1) is 17.2. The van der Waals surface area contributed by atoms with E-state index in [1.165, 1.54) is 0 Å². The zero-order valence-corrected chi connectivity index (χ0v) is 13.5. The van der Waals surface area contributed by atoms with Gasteiger partial charge in [0.05, 0.1) is 12.5 Å². The molecule has 0 aromatic heterocycles. The second-order valence-corrected chi connectivity index (χ2v) is 5.97. The van der Waals surface area contributed by atoms with Gasteiger partial charge >= 0.3 is 0 Å². The Kier molecular flexibility index (Phi) is 7.08. The van der Waals surface area contributed by atoms with E-state index in [9.17, 15) is 9.59 Å². The molecule has 2 rings (SSSR count). The van der Waals surface area contributed by atoms with Gasteiger partial charge in [-0.1, -0.05) is 0 Å². The van der Waals surface area contributed by atoms with Gasteiger partial charge < -0.3 is 25.2 Å². The minimum atomic E-state index is -0.205. The maximum atomic E-state index is 12.1. The molecule has 0 aromatic carbocycles. The van der Waals surface area contributed by atoms with Crippen molar-refractivity contribution in [2.24, 2.45) is 5.92 Å². The summed E-state index contributed by atoms with van der Waals surface area (Å²) < 4.78 is 4.98. The summed E-state index contributed by atoms with van der Waals surface area (Å²) in [4.78, 5) is 28.1. The quantitative estimate of drug-likeness (QED) is 0.556. The third kappa shape index (κ3) is 5.23. The van der Waals surface area contributed by atoms with Crippen LogP contribution in [0.3, 0.4) is 0 Å². The van der Waals surface area contributed by atoms with Crippen molar-refractivity contribution < 1.29 is 14.3 Å². The van der Waals surface area contributed by atoms with Crippen LogP contribution in [-0.2, 0) is 14.3 Å². The number of carbonyl (C=O) groups is 2. The Labute approximate surface area is 132 Å². The minimum Gasteiger partial charge on any atom is -0.383 e. The number of ether oxygens (including phenoxy) is 1. The van der Waals surface area contributed by atoms with E-state index in [2.05, 4.69) is 15.5 Å². The van der Waals surface area contributed by atoms with Gasteiger partial charge in [0.15, 0.2) is 0 Å². The lowest BCUT2D eigenvalue weighted by Gasteiger charge is -2.27. The summed E-state index contributed by atoms with van der Waals surface area (Å²) in [7, 11) is 1.61. The highest BCUT2D eigenvalue weighted by Gasteiger charge is 2.33. The smallest absolute Gasteiger partial charge is 0.225 e. The van der Waals surface area contributed by atoms with E-state index in [0.717, 1.165) is 39.1 Å². The fourth-order valence-electron chi connectivity index (χ4n) is 2.96. The number of likely N-dealkylation sites (tertiary alicyclic amines) is 1. The Morgan fingerprint density at radius 3 is 2.86 bits per heavy atom. The van der Waals surface area contributed by atoms with Crippen LogP contribution in [0, 0.1) is 5.92 Å². The third-order valence-corrected chi connectivity index (χ3v) is 4.31. The zero-order chi connectivity index (χ0) is 15.8. The van der Waals surface area contributed by atoms with Crippen molar-refractivity contribution >= 4 is 11.8 Å². The van der Waals surface area contributed by atoms with Gasteiger partial charge in [0.1, 0.15) is 0 Å². The van der Waals surface area contributed by atoms with Crippen molar-refractivity contribution in [3.05, 3.63) is 0 Å². The van der Waals surface area contributed by atoms with E-state index in [1.54, 1.807) is 12.0 Å². The third-order valence-electron chi connectivity index (χ3n) is 4.31. The number of methoxy groups -OCH3 is 1. The van der Waals surface area contributed by atoms with Gasteiger partial charge in [-0.15, -0.1) is 0 Å². The van der Waals surface area contributed by atoms with Crippen LogP contribution >= 0.6 is 0 Å². The second-order valence-electron chi connectivity index (χ2n) is 5.97. The number of hydrogen-bond acceptors (Lipinski definition) is 5. The minimum absolute atomic E-state index is 0.00794. The van der Waals surface area contributed by atoms with E-state index in [4.69, 9.17) is 4.74 Å². The molecular weight excluding hydrogens is 284 g/mol. The van der Waals surface area contributed by atoms with Crippen LogP contribution < -0.4 is 10.6 Å². The predicted octanol–water partition coefficient (Wildman–Crippen LogP) is -1.11. The van der Waals surface area contributed by atoms with Crippen molar-refractivity contribution in [2.45, 2.75) is 12.8 Å². The summed E-state index contributed by atoms with van der Waals surface area (Å²) in [5.74, 6) is -0.143. The topological polar surface area (TPSA) is 73.9 Å². The van der Waals surface area contributed by atoms with Crippen LogP contribution in [0.1, 0.15) is 12.8 Å². The summed E-state index contributed by atoms with van der Waals surface area (Å²) >= 11 is 0. The predicted molar refractivity (Wildman–Crippen MR) is 83.5 cm³/mol. The normalized spacial score (nSPS) is 23.0. The molecule has 2 aliphatic rings. The lowest BCUT2D eigenvalue weighted by molar-refractivity contribution is -0.129. The summed E-state index contributed by atoms with van der Waals surface area (Å²) in [6, 6.07) is 0. The Morgan fingerprint density at radius 2 is 2.14 bits per heavy atom. The van der Waals surface area contributed by atoms with Gasteiger partial charge in [-0.05, 0) is 13.0 Å². The Morgan fingerprint density at radius 1 is 1.36 bits per heavy atom. The van der Waals surface area contributed by atoms with Crippen molar-refractivity contribution in [1.29, 1.82) is 0 Å². The van der Waals surface area contributed by atoms with E-state index in [1.807, 2.05) is 0 Å². The lowest BCUT2D eigenvalue weighted by Crippen LogP contribution is -2.44. The molecule has 7 nitrogen and oxygen atoms in total. The summed E-state index contributed by atoms with van der Waals surface area (Å²) in [6.07, 6.45) is 1.28. The van der Waals surface area contributed by atoms with Crippen LogP contribution in [0.15, 0.2) is 0 Å². The number of carbonyl (C=O) groups excluding carboxylic acids is 2. The average molecular weight is 312 g/mol. The van der Waals surface area contributed by atoms with E-state index in [-0.39, 0.29) is 17.7 Å². The maximum Gasteiger partial charge on any atom is 0.225 e. The van der Waals surface area contributed by atoms with Crippen molar-refractivity contribution in [3.63, 3.8) is 0 Å². The number of nitrogens with zero attached hydrogens (tertiary/aromatic N) is 2. The van der Waals surface area contributed by atoms with E-state index in [0.29, 0.717) is 32.7 Å². The fraction of sp³-hybridized carbons (Fsp3) is 0.867. The molecule has 2 heterocycles. The van der Waals surface area contributed by atoms with Crippen molar-refractivity contribution in [1.82, 2.24) is 20.4 Å². The largest absolute Gasteiger partial charge is 0.383 e. The molecule has 2 fully saturated rings. The van der Waals surface area contributed by atoms with Gasteiger partial charge in [-0.3, -0.25) is 9.59 Å². The molecule has 2 saturated heterocycles. The van der Waals surface area contributed by atoms with Gasteiger partial charge in [0.25, 0.3) is 0 Å². The SMILES string of the molecule is COCCN1CC(C(=O)NCCCN2CCNCC2)CC1=O. The Hall–Kier alpha value is -1.18. The molecule has 7 heteroatoms. The molecule has 0 radical (unpaired) electrons. The van der Waals surface area contributed by atoms with Gasteiger partial charge in [-0.2, -0.15) is 0 Å². The Bertz CT molecular complexity index is 372. The molecule has 0 bridgehead atoms. The number of nitrogens with one attached hydrogen (secondary N) is 2. The van der Waals surface area contributed by atoms with Crippen LogP contribution in [-0.4, -0.2) is 87.7 Å². The van der Waals surface area contributed by atoms with Crippen molar-refractivity contribution in [3.8, 4) is 0 Å². The van der Waals surface area contributed by atoms with Crippen LogP contribution in [0.25, 0.3) is 0 Å². The molecule has 1 atom stereocenters. The number of amides is 2. The highest BCUT2D eigenvalue weighted by molar-refractivity contribution is 5.89. The first-order valence-electron chi connectivity index (χ1n) is 8.18. The molecule has 2 aliphatic heterocycles. The highest BCUT2D eigenvalue weighted by atomic mass is 16.5. The molecule has 0 spiro atoms. The molecule has 22 heavy (non-hydrogen) atoms. The number of rotatable bonds is 8. The molecular formula is C15H28N4O3. The van der Waals surface area contributed by atoms with Crippen molar-refractivity contribution in [2.75, 3.05) is 66.1 Å². The molecule has 1 unspecified atom stereocenters. The number of hydrogen-bond donors (Lipinski definition) is 2. The van der Waals surface area contributed by atoms with Gasteiger partial charge in [-0.25, -0.2) is 0 Å². The zero-order valence-electron chi connectivity index (χ0n) is 13.5. The van der Waals surface area contributed by atoms with E-state index < -0.39 is 0 Å². The molecule has 0 saturated carbocycles. The maximum absolute atomic E-state index is 12.1. The van der Waals surface area contributed by atoms with E-state index >= 15 is 0 Å². The van der Waals surface area contributed by atoms with Crippen LogP contribution in [0.4, 0.5) is 0 Å². The van der Waals surface area contributed by atoms with Crippen LogP contribution in [0.5, 0.6) is 0 Å². The average Bonchev–Trinajstić information content (AvgIpc) is 2.91. The summed E-state index contributed by atoms with van der Waals surface area (Å²) in [6.45, 7) is 7.58. The molecule has 126 valence electrons. The monoisotopic (exact) mass is 312 g/mol. The highest BCUT2D eigenvalue weighted by Crippen LogP contribution is 2.17. The first-order valence-corrected chi connectivity index (χ1v) is 8.18. The van der Waals surface area contributed by atoms with Crippen LogP contribution in [0.2, 0.25) is 0 Å². The van der Waals surface area contributed by atoms with Gasteiger partial charge in [0.2, 0.25) is 11.8 Å². The molecule has 0 aromatic rings. The molecule has 2 N–H and O–H groups in total. The first-order chi connectivity index (χ1) is 10.7. The Balaban J connectivity index is 1.60.